The Morgan fingerprint density at radius 1 is 1.15 bits per heavy atom. The van der Waals surface area contributed by atoms with Crippen molar-refractivity contribution in [3.63, 3.8) is 0 Å². The summed E-state index contributed by atoms with van der Waals surface area (Å²) >= 11 is 11.9. The molecule has 0 saturated heterocycles. The van der Waals surface area contributed by atoms with Crippen LogP contribution < -0.4 is 5.32 Å². The molecule has 0 bridgehead atoms. The number of carbonyl (C=O) groups is 1. The summed E-state index contributed by atoms with van der Waals surface area (Å²) in [5.74, 6) is 0.0768. The van der Waals surface area contributed by atoms with Crippen molar-refractivity contribution in [2.45, 2.75) is 43.1 Å². The first kappa shape index (κ1) is 19.3. The molecule has 2 aromatic rings. The predicted octanol–water partition coefficient (Wildman–Crippen LogP) is 5.22. The van der Waals surface area contributed by atoms with E-state index in [2.05, 4.69) is 10.3 Å². The van der Waals surface area contributed by atoms with Crippen LogP contribution in [0, 0.1) is 0 Å². The summed E-state index contributed by atoms with van der Waals surface area (Å²) < 4.78 is 12.6. The van der Waals surface area contributed by atoms with E-state index in [-0.39, 0.29) is 21.1 Å². The summed E-state index contributed by atoms with van der Waals surface area (Å²) in [7, 11) is -0.885. The number of carbonyl (C=O) groups excluding carboxylic acids is 1. The van der Waals surface area contributed by atoms with Gasteiger partial charge in [-0.15, -0.1) is 0 Å². The highest BCUT2D eigenvalue weighted by molar-refractivity contribution is 7.84. The van der Waals surface area contributed by atoms with Crippen molar-refractivity contribution < 1.29 is 9.00 Å². The largest absolute Gasteiger partial charge is 0.321 e. The fourth-order valence-corrected chi connectivity index (χ4v) is 5.06. The Morgan fingerprint density at radius 2 is 1.92 bits per heavy atom. The van der Waals surface area contributed by atoms with Crippen molar-refractivity contribution in [2.24, 2.45) is 0 Å². The minimum atomic E-state index is -0.885. The molecule has 0 spiro atoms. The maximum Gasteiger partial charge on any atom is 0.275 e. The summed E-state index contributed by atoms with van der Waals surface area (Å²) in [4.78, 5) is 16.4. The lowest BCUT2D eigenvalue weighted by atomic mass is 10.0. The quantitative estimate of drug-likeness (QED) is 0.686. The van der Waals surface area contributed by atoms with E-state index in [0.717, 1.165) is 18.4 Å². The molecule has 3 rings (SSSR count). The number of benzene rings is 1. The summed E-state index contributed by atoms with van der Waals surface area (Å²) in [6, 6.07) is 10.5. The molecule has 1 N–H and O–H groups in total. The first-order chi connectivity index (χ1) is 12.5. The monoisotopic (exact) mass is 410 g/mol. The molecule has 4 nitrogen and oxygen atoms in total. The highest BCUT2D eigenvalue weighted by Crippen LogP contribution is 2.25. The van der Waals surface area contributed by atoms with E-state index in [0.29, 0.717) is 11.4 Å². The summed E-state index contributed by atoms with van der Waals surface area (Å²) in [6.45, 7) is 0. The van der Waals surface area contributed by atoms with Crippen LogP contribution in [0.5, 0.6) is 0 Å². The standard InChI is InChI=1S/C19H20Cl2N2O2S/c20-16-9-10-17(21)23-18(16)19(24)22-14-6-4-5-13(11-14)12-26(25)15-7-2-1-3-8-15/h4-6,9-11,15H,1-3,7-8,12H2,(H,22,24)/t26-/m0/s1. The van der Waals surface area contributed by atoms with Gasteiger partial charge in [-0.05, 0) is 42.7 Å². The number of halogens is 2. The normalized spacial score (nSPS) is 16.2. The number of nitrogens with one attached hydrogen (secondary N) is 1. The molecule has 138 valence electrons. The lowest BCUT2D eigenvalue weighted by Gasteiger charge is -2.21. The van der Waals surface area contributed by atoms with Gasteiger partial charge in [-0.1, -0.05) is 54.6 Å². The zero-order chi connectivity index (χ0) is 18.5. The third-order valence-corrected chi connectivity index (χ3v) is 6.79. The highest BCUT2D eigenvalue weighted by atomic mass is 35.5. The van der Waals surface area contributed by atoms with Crippen molar-refractivity contribution in [1.29, 1.82) is 0 Å². The molecule has 1 saturated carbocycles. The van der Waals surface area contributed by atoms with Crippen LogP contribution in [0.15, 0.2) is 36.4 Å². The van der Waals surface area contributed by atoms with Gasteiger partial charge in [0.2, 0.25) is 0 Å². The Kier molecular flexibility index (Phi) is 6.68. The van der Waals surface area contributed by atoms with E-state index < -0.39 is 16.7 Å². The Hall–Kier alpha value is -1.43. The van der Waals surface area contributed by atoms with Crippen LogP contribution >= 0.6 is 23.2 Å². The van der Waals surface area contributed by atoms with Gasteiger partial charge < -0.3 is 5.32 Å². The van der Waals surface area contributed by atoms with Gasteiger partial charge in [0.1, 0.15) is 10.8 Å². The molecule has 0 radical (unpaired) electrons. The molecule has 1 heterocycles. The predicted molar refractivity (Wildman–Crippen MR) is 107 cm³/mol. The van der Waals surface area contributed by atoms with Gasteiger partial charge in [-0.3, -0.25) is 9.00 Å². The number of rotatable bonds is 5. The van der Waals surface area contributed by atoms with Gasteiger partial charge in [0.25, 0.3) is 5.91 Å². The molecular weight excluding hydrogens is 391 g/mol. The topological polar surface area (TPSA) is 59.1 Å². The highest BCUT2D eigenvalue weighted by Gasteiger charge is 2.20. The van der Waals surface area contributed by atoms with Crippen LogP contribution in [0.1, 0.15) is 48.2 Å². The second kappa shape index (κ2) is 8.98. The molecule has 1 aromatic heterocycles. The van der Waals surface area contributed by atoms with Crippen LogP contribution in [0.4, 0.5) is 5.69 Å². The number of amides is 1. The van der Waals surface area contributed by atoms with Crippen LogP contribution in [-0.2, 0) is 16.6 Å². The molecular formula is C19H20Cl2N2O2S. The molecule has 7 heteroatoms. The number of pyridine rings is 1. The van der Waals surface area contributed by atoms with Crippen molar-refractivity contribution in [3.8, 4) is 0 Å². The zero-order valence-electron chi connectivity index (χ0n) is 14.2. The minimum Gasteiger partial charge on any atom is -0.321 e. The van der Waals surface area contributed by atoms with Gasteiger partial charge in [0, 0.05) is 27.5 Å². The number of hydrogen-bond acceptors (Lipinski definition) is 3. The van der Waals surface area contributed by atoms with Gasteiger partial charge in [-0.25, -0.2) is 4.98 Å². The minimum absolute atomic E-state index is 0.0790. The summed E-state index contributed by atoms with van der Waals surface area (Å²) in [5.41, 5.74) is 1.64. The molecule has 1 atom stereocenters. The van der Waals surface area contributed by atoms with E-state index >= 15 is 0 Å². The van der Waals surface area contributed by atoms with Crippen LogP contribution in [0.3, 0.4) is 0 Å². The average molecular weight is 411 g/mol. The molecule has 0 unspecified atom stereocenters. The molecule has 1 aromatic carbocycles. The Morgan fingerprint density at radius 3 is 2.69 bits per heavy atom. The first-order valence-electron chi connectivity index (χ1n) is 8.62. The fourth-order valence-electron chi connectivity index (χ4n) is 3.12. The summed E-state index contributed by atoms with van der Waals surface area (Å²) in [6.07, 6.45) is 5.67. The number of anilines is 1. The van der Waals surface area contributed by atoms with E-state index in [1.807, 2.05) is 18.2 Å². The third-order valence-electron chi connectivity index (χ3n) is 4.44. The van der Waals surface area contributed by atoms with Crippen molar-refractivity contribution in [3.05, 3.63) is 57.8 Å². The smallest absolute Gasteiger partial charge is 0.275 e. The van der Waals surface area contributed by atoms with E-state index in [4.69, 9.17) is 23.2 Å². The molecule has 1 amide bonds. The second-order valence-electron chi connectivity index (χ2n) is 6.40. The van der Waals surface area contributed by atoms with Gasteiger partial charge >= 0.3 is 0 Å². The van der Waals surface area contributed by atoms with E-state index in [9.17, 15) is 9.00 Å². The zero-order valence-corrected chi connectivity index (χ0v) is 16.5. The SMILES string of the molecule is O=C(Nc1cccc(C[S@](=O)C2CCCCC2)c1)c1nc(Cl)ccc1Cl. The Balaban J connectivity index is 1.68. The van der Waals surface area contributed by atoms with Crippen LogP contribution in [0.2, 0.25) is 10.2 Å². The maximum atomic E-state index is 12.6. The third kappa shape index (κ3) is 5.06. The molecule has 26 heavy (non-hydrogen) atoms. The van der Waals surface area contributed by atoms with E-state index in [1.165, 1.54) is 31.4 Å². The molecule has 0 aliphatic heterocycles. The summed E-state index contributed by atoms with van der Waals surface area (Å²) in [5, 5.41) is 3.51. The van der Waals surface area contributed by atoms with E-state index in [1.54, 1.807) is 6.07 Å². The molecule has 1 fully saturated rings. The lowest BCUT2D eigenvalue weighted by Crippen LogP contribution is -2.20. The van der Waals surface area contributed by atoms with Crippen LogP contribution in [-0.4, -0.2) is 20.3 Å². The maximum absolute atomic E-state index is 12.6. The number of hydrogen-bond donors (Lipinski definition) is 1. The molecule has 1 aliphatic rings. The first-order valence-corrected chi connectivity index (χ1v) is 10.8. The van der Waals surface area contributed by atoms with Crippen LogP contribution in [0.25, 0.3) is 0 Å². The molecule has 1 aliphatic carbocycles. The van der Waals surface area contributed by atoms with Crippen molar-refractivity contribution >= 4 is 45.6 Å². The number of aromatic nitrogens is 1. The average Bonchev–Trinajstić information content (AvgIpc) is 2.64. The second-order valence-corrected chi connectivity index (χ2v) is 8.92. The lowest BCUT2D eigenvalue weighted by molar-refractivity contribution is 0.102. The fraction of sp³-hybridized carbons (Fsp3) is 0.368. The van der Waals surface area contributed by atoms with Gasteiger partial charge in [-0.2, -0.15) is 0 Å². The van der Waals surface area contributed by atoms with Gasteiger partial charge in [0.15, 0.2) is 0 Å². The number of nitrogens with zero attached hydrogens (tertiary/aromatic N) is 1. The van der Waals surface area contributed by atoms with Crippen molar-refractivity contribution in [1.82, 2.24) is 4.98 Å². The Labute approximate surface area is 165 Å². The van der Waals surface area contributed by atoms with Crippen molar-refractivity contribution in [2.75, 3.05) is 5.32 Å². The Bertz CT molecular complexity index is 823. The van der Waals surface area contributed by atoms with Gasteiger partial charge in [0.05, 0.1) is 5.02 Å².